The number of benzene rings is 1. The first-order chi connectivity index (χ1) is 11.4. The number of carbonyl (C=O) groups excluding carboxylic acids is 2. The van der Waals surface area contributed by atoms with Crippen molar-refractivity contribution in [2.24, 2.45) is 5.92 Å². The molecule has 24 heavy (non-hydrogen) atoms. The van der Waals surface area contributed by atoms with Crippen LogP contribution in [-0.4, -0.2) is 48.5 Å². The van der Waals surface area contributed by atoms with E-state index < -0.39 is 0 Å². The number of piperidine rings is 1. The molecule has 0 aliphatic carbocycles. The van der Waals surface area contributed by atoms with Gasteiger partial charge in [0.2, 0.25) is 5.91 Å². The Bertz CT molecular complexity index is 589. The second-order valence-electron chi connectivity index (χ2n) is 5.96. The molecule has 5 nitrogen and oxygen atoms in total. The molecule has 1 saturated heterocycles. The van der Waals surface area contributed by atoms with Crippen LogP contribution in [0.1, 0.15) is 25.3 Å². The van der Waals surface area contributed by atoms with Crippen molar-refractivity contribution >= 4 is 35.2 Å². The topological polar surface area (TPSA) is 49.9 Å². The fourth-order valence-corrected chi connectivity index (χ4v) is 3.50. The summed E-state index contributed by atoms with van der Waals surface area (Å²) in [5.74, 6) is -0.192. The number of nitrogens with zero attached hydrogens (tertiary/aromatic N) is 2. The Labute approximate surface area is 152 Å². The molecule has 1 atom stereocenters. The zero-order chi connectivity index (χ0) is 17.7. The predicted molar refractivity (Wildman–Crippen MR) is 94.3 cm³/mol. The van der Waals surface area contributed by atoms with Gasteiger partial charge in [0.05, 0.1) is 12.5 Å². The maximum absolute atomic E-state index is 12.7. The number of halogens is 2. The van der Waals surface area contributed by atoms with E-state index >= 15 is 0 Å². The maximum atomic E-state index is 12.7. The summed E-state index contributed by atoms with van der Waals surface area (Å²) < 4.78 is 5.02. The zero-order valence-corrected chi connectivity index (χ0v) is 15.4. The van der Waals surface area contributed by atoms with E-state index in [0.717, 1.165) is 18.4 Å². The minimum Gasteiger partial charge on any atom is -0.450 e. The first kappa shape index (κ1) is 18.9. The van der Waals surface area contributed by atoms with Gasteiger partial charge < -0.3 is 14.5 Å². The summed E-state index contributed by atoms with van der Waals surface area (Å²) in [6, 6.07) is 5.25. The molecule has 132 valence electrons. The molecule has 2 rings (SSSR count). The fraction of sp³-hybridized carbons (Fsp3) is 0.529. The molecular formula is C17H22Cl2N2O3. The molecule has 0 aromatic heterocycles. The van der Waals surface area contributed by atoms with Crippen LogP contribution in [0.3, 0.4) is 0 Å². The van der Waals surface area contributed by atoms with E-state index in [1.165, 1.54) is 0 Å². The average Bonchev–Trinajstić information content (AvgIpc) is 2.53. The molecule has 0 radical (unpaired) electrons. The third-order valence-electron chi connectivity index (χ3n) is 4.01. The van der Waals surface area contributed by atoms with Gasteiger partial charge in [0.1, 0.15) is 0 Å². The number of likely N-dealkylation sites (tertiary alicyclic amines) is 1. The lowest BCUT2D eigenvalue weighted by Crippen LogP contribution is -2.45. The highest BCUT2D eigenvalue weighted by Crippen LogP contribution is 2.22. The molecule has 7 heteroatoms. The van der Waals surface area contributed by atoms with Crippen LogP contribution in [0.15, 0.2) is 18.2 Å². The fourth-order valence-electron chi connectivity index (χ4n) is 2.92. The van der Waals surface area contributed by atoms with Gasteiger partial charge in [0.25, 0.3) is 0 Å². The Kier molecular flexibility index (Phi) is 6.75. The summed E-state index contributed by atoms with van der Waals surface area (Å²) in [5, 5.41) is 1.09. The van der Waals surface area contributed by atoms with Crippen LogP contribution in [0.4, 0.5) is 4.79 Å². The zero-order valence-electron chi connectivity index (χ0n) is 13.9. The van der Waals surface area contributed by atoms with E-state index in [2.05, 4.69) is 0 Å². The first-order valence-electron chi connectivity index (χ1n) is 8.02. The van der Waals surface area contributed by atoms with E-state index in [1.54, 1.807) is 42.0 Å². The molecule has 1 fully saturated rings. The quantitative estimate of drug-likeness (QED) is 0.806. The third kappa shape index (κ3) is 5.02. The summed E-state index contributed by atoms with van der Waals surface area (Å²) in [4.78, 5) is 27.8. The highest BCUT2D eigenvalue weighted by molar-refractivity contribution is 6.34. The van der Waals surface area contributed by atoms with Crippen LogP contribution >= 0.6 is 23.2 Å². The molecule has 1 unspecified atom stereocenters. The van der Waals surface area contributed by atoms with Gasteiger partial charge in [-0.25, -0.2) is 4.79 Å². The molecule has 0 bridgehead atoms. The van der Waals surface area contributed by atoms with Crippen LogP contribution in [0.2, 0.25) is 10.0 Å². The molecule has 2 amide bonds. The second kappa shape index (κ2) is 8.58. The number of ether oxygens (including phenoxy) is 1. The van der Waals surface area contributed by atoms with E-state index in [4.69, 9.17) is 27.9 Å². The van der Waals surface area contributed by atoms with Gasteiger partial charge >= 0.3 is 6.09 Å². The van der Waals surface area contributed by atoms with Gasteiger partial charge in [0.15, 0.2) is 0 Å². The average molecular weight is 373 g/mol. The van der Waals surface area contributed by atoms with Crippen LogP contribution in [0.5, 0.6) is 0 Å². The summed E-state index contributed by atoms with van der Waals surface area (Å²) in [5.41, 5.74) is 0.876. The molecule has 1 aromatic rings. The van der Waals surface area contributed by atoms with Crippen LogP contribution < -0.4 is 0 Å². The smallest absolute Gasteiger partial charge is 0.409 e. The van der Waals surface area contributed by atoms with Gasteiger partial charge in [-0.3, -0.25) is 4.79 Å². The summed E-state index contributed by atoms with van der Waals surface area (Å²) in [6.07, 6.45) is 1.22. The first-order valence-corrected chi connectivity index (χ1v) is 8.78. The Morgan fingerprint density at radius 1 is 1.29 bits per heavy atom. The molecule has 0 spiro atoms. The maximum Gasteiger partial charge on any atom is 0.409 e. The minimum atomic E-state index is -0.348. The van der Waals surface area contributed by atoms with Crippen molar-refractivity contribution in [3.05, 3.63) is 33.8 Å². The number of hydrogen-bond acceptors (Lipinski definition) is 3. The summed E-state index contributed by atoms with van der Waals surface area (Å²) in [6.45, 7) is 3.57. The van der Waals surface area contributed by atoms with Crippen molar-refractivity contribution in [2.75, 3.05) is 26.7 Å². The Balaban J connectivity index is 1.98. The standard InChI is InChI=1S/C17H22Cl2N2O3/c1-3-24-17(23)21-6-4-5-13(11-21)16(22)20(2)10-12-7-14(18)9-15(19)8-12/h7-9,13H,3-6,10-11H2,1-2H3. The highest BCUT2D eigenvalue weighted by Gasteiger charge is 2.30. The van der Waals surface area contributed by atoms with E-state index in [9.17, 15) is 9.59 Å². The molecule has 1 aliphatic heterocycles. The second-order valence-corrected chi connectivity index (χ2v) is 6.83. The van der Waals surface area contributed by atoms with Crippen molar-refractivity contribution in [3.63, 3.8) is 0 Å². The van der Waals surface area contributed by atoms with Crippen molar-refractivity contribution < 1.29 is 14.3 Å². The Hall–Kier alpha value is -1.46. The van der Waals surface area contributed by atoms with Crippen molar-refractivity contribution in [1.82, 2.24) is 9.80 Å². The molecule has 1 aliphatic rings. The number of amides is 2. The lowest BCUT2D eigenvalue weighted by molar-refractivity contribution is -0.136. The van der Waals surface area contributed by atoms with Gasteiger partial charge in [-0.1, -0.05) is 23.2 Å². The van der Waals surface area contributed by atoms with Crippen molar-refractivity contribution in [3.8, 4) is 0 Å². The predicted octanol–water partition coefficient (Wildman–Crippen LogP) is 3.82. The highest BCUT2D eigenvalue weighted by atomic mass is 35.5. The minimum absolute atomic E-state index is 0.0140. The van der Waals surface area contributed by atoms with Crippen LogP contribution in [-0.2, 0) is 16.1 Å². The van der Waals surface area contributed by atoms with Crippen molar-refractivity contribution in [1.29, 1.82) is 0 Å². The van der Waals surface area contributed by atoms with Gasteiger partial charge in [-0.15, -0.1) is 0 Å². The normalized spacial score (nSPS) is 17.5. The Morgan fingerprint density at radius 2 is 1.96 bits per heavy atom. The van der Waals surface area contributed by atoms with Gasteiger partial charge in [-0.2, -0.15) is 0 Å². The lowest BCUT2D eigenvalue weighted by atomic mass is 9.96. The lowest BCUT2D eigenvalue weighted by Gasteiger charge is -2.33. The SMILES string of the molecule is CCOC(=O)N1CCCC(C(=O)N(C)Cc2cc(Cl)cc(Cl)c2)C1. The molecular weight excluding hydrogens is 351 g/mol. The number of rotatable bonds is 4. The number of hydrogen-bond donors (Lipinski definition) is 0. The Morgan fingerprint density at radius 3 is 2.58 bits per heavy atom. The monoisotopic (exact) mass is 372 g/mol. The molecule has 0 saturated carbocycles. The third-order valence-corrected chi connectivity index (χ3v) is 4.45. The largest absolute Gasteiger partial charge is 0.450 e. The van der Waals surface area contributed by atoms with Gasteiger partial charge in [-0.05, 0) is 43.5 Å². The summed E-state index contributed by atoms with van der Waals surface area (Å²) >= 11 is 12.0. The van der Waals surface area contributed by atoms with Crippen LogP contribution in [0, 0.1) is 5.92 Å². The van der Waals surface area contributed by atoms with E-state index in [0.29, 0.717) is 36.3 Å². The summed E-state index contributed by atoms with van der Waals surface area (Å²) in [7, 11) is 1.75. The van der Waals surface area contributed by atoms with Gasteiger partial charge in [0, 0.05) is 36.7 Å². The van der Waals surface area contributed by atoms with Crippen LogP contribution in [0.25, 0.3) is 0 Å². The van der Waals surface area contributed by atoms with E-state index in [-0.39, 0.29) is 17.9 Å². The van der Waals surface area contributed by atoms with Crippen molar-refractivity contribution in [2.45, 2.75) is 26.3 Å². The van der Waals surface area contributed by atoms with E-state index in [1.807, 2.05) is 0 Å². The molecule has 1 heterocycles. The number of carbonyl (C=O) groups is 2. The molecule has 1 aromatic carbocycles. The molecule has 0 N–H and O–H groups in total.